The first-order valence-electron chi connectivity index (χ1n) is 8.73. The van der Waals surface area contributed by atoms with Gasteiger partial charge in [0, 0.05) is 29.5 Å². The van der Waals surface area contributed by atoms with Crippen LogP contribution < -0.4 is 5.32 Å². The van der Waals surface area contributed by atoms with Crippen LogP contribution in [0, 0.1) is 35.3 Å². The number of furan rings is 1. The molecular weight excluding hydrogens is 370 g/mol. The molecule has 2 aromatic carbocycles. The summed E-state index contributed by atoms with van der Waals surface area (Å²) in [4.78, 5) is 23.0. The number of amides is 1. The average molecular weight is 387 g/mol. The highest BCUT2D eigenvalue weighted by Gasteiger charge is 2.14. The first-order chi connectivity index (χ1) is 13.9. The minimum atomic E-state index is -0.543. The molecule has 0 bridgehead atoms. The second kappa shape index (κ2) is 8.23. The molecule has 3 rings (SSSR count). The molecule has 0 atom stereocenters. The Balaban J connectivity index is 1.85. The molecule has 0 fully saturated rings. The second-order valence-corrected chi connectivity index (χ2v) is 6.40. The number of hydrogen-bond donors (Lipinski definition) is 1. The number of nitrogens with zero attached hydrogens (tertiary/aromatic N) is 2. The van der Waals surface area contributed by atoms with E-state index in [-0.39, 0.29) is 11.3 Å². The quantitative estimate of drug-likeness (QED) is 0.286. The fraction of sp³-hybridized carbons (Fsp3) is 0.0909. The molecule has 0 aliphatic heterocycles. The van der Waals surface area contributed by atoms with Gasteiger partial charge in [0.15, 0.2) is 0 Å². The Bertz CT molecular complexity index is 1150. The van der Waals surface area contributed by atoms with Crippen LogP contribution in [0.1, 0.15) is 16.9 Å². The van der Waals surface area contributed by atoms with Gasteiger partial charge in [0.1, 0.15) is 23.2 Å². The Morgan fingerprint density at radius 1 is 1.14 bits per heavy atom. The normalized spacial score (nSPS) is 11.0. The van der Waals surface area contributed by atoms with E-state index in [0.29, 0.717) is 22.8 Å². The van der Waals surface area contributed by atoms with Crippen molar-refractivity contribution in [2.45, 2.75) is 13.8 Å². The van der Waals surface area contributed by atoms with Gasteiger partial charge in [-0.25, -0.2) is 0 Å². The number of nitro groups is 1. The topological polar surface area (TPSA) is 109 Å². The Kier molecular flexibility index (Phi) is 5.56. The van der Waals surface area contributed by atoms with Crippen molar-refractivity contribution < 1.29 is 14.1 Å². The number of nitro benzene ring substituents is 1. The van der Waals surface area contributed by atoms with Crippen LogP contribution in [0.5, 0.6) is 0 Å². The van der Waals surface area contributed by atoms with Gasteiger partial charge in [0.25, 0.3) is 11.6 Å². The predicted octanol–water partition coefficient (Wildman–Crippen LogP) is 5.02. The first-order valence-corrected chi connectivity index (χ1v) is 8.73. The number of non-ortho nitro benzene ring substituents is 1. The first kappa shape index (κ1) is 19.6. The summed E-state index contributed by atoms with van der Waals surface area (Å²) >= 11 is 0. The van der Waals surface area contributed by atoms with Crippen LogP contribution in [0.4, 0.5) is 11.4 Å². The third kappa shape index (κ3) is 4.39. The van der Waals surface area contributed by atoms with E-state index < -0.39 is 10.8 Å². The van der Waals surface area contributed by atoms with Crippen LogP contribution in [-0.4, -0.2) is 10.8 Å². The Morgan fingerprint density at radius 2 is 1.83 bits per heavy atom. The number of benzene rings is 2. The van der Waals surface area contributed by atoms with Gasteiger partial charge < -0.3 is 9.73 Å². The number of carbonyl (C=O) groups excluding carboxylic acids is 1. The number of hydrogen-bond acceptors (Lipinski definition) is 5. The summed E-state index contributed by atoms with van der Waals surface area (Å²) in [5, 5.41) is 23.1. The maximum Gasteiger partial charge on any atom is 0.270 e. The van der Waals surface area contributed by atoms with Crippen molar-refractivity contribution in [1.82, 2.24) is 0 Å². The average Bonchev–Trinajstić information content (AvgIpc) is 3.17. The van der Waals surface area contributed by atoms with Crippen LogP contribution in [0.2, 0.25) is 0 Å². The SMILES string of the molecule is Cc1cccc(C)c1NC(=O)C(C#N)=Cc1ccc(-c2cccc([N+](=O)[O-])c2)o1. The van der Waals surface area contributed by atoms with E-state index in [4.69, 9.17) is 4.42 Å². The second-order valence-electron chi connectivity index (χ2n) is 6.40. The molecule has 1 heterocycles. The van der Waals surface area contributed by atoms with Gasteiger partial charge >= 0.3 is 0 Å². The van der Waals surface area contributed by atoms with Crippen LogP contribution in [0.3, 0.4) is 0 Å². The molecular formula is C22H17N3O4. The van der Waals surface area contributed by atoms with Crippen molar-refractivity contribution in [1.29, 1.82) is 5.26 Å². The number of nitrogens with one attached hydrogen (secondary N) is 1. The number of nitriles is 1. The molecule has 7 heteroatoms. The van der Waals surface area contributed by atoms with Crippen molar-refractivity contribution in [2.24, 2.45) is 0 Å². The summed E-state index contributed by atoms with van der Waals surface area (Å²) in [7, 11) is 0. The molecule has 0 radical (unpaired) electrons. The third-order valence-corrected chi connectivity index (χ3v) is 4.34. The van der Waals surface area contributed by atoms with Crippen molar-refractivity contribution in [3.8, 4) is 17.4 Å². The molecule has 29 heavy (non-hydrogen) atoms. The van der Waals surface area contributed by atoms with Crippen molar-refractivity contribution in [3.63, 3.8) is 0 Å². The highest BCUT2D eigenvalue weighted by molar-refractivity contribution is 6.10. The van der Waals surface area contributed by atoms with Gasteiger partial charge in [-0.1, -0.05) is 30.3 Å². The monoisotopic (exact) mass is 387 g/mol. The lowest BCUT2D eigenvalue weighted by molar-refractivity contribution is -0.384. The Labute approximate surface area is 167 Å². The lowest BCUT2D eigenvalue weighted by Crippen LogP contribution is -2.15. The smallest absolute Gasteiger partial charge is 0.270 e. The molecule has 0 aliphatic rings. The lowest BCUT2D eigenvalue weighted by atomic mass is 10.1. The van der Waals surface area contributed by atoms with Gasteiger partial charge in [-0.15, -0.1) is 0 Å². The molecule has 3 aromatic rings. The molecule has 0 spiro atoms. The van der Waals surface area contributed by atoms with E-state index in [1.54, 1.807) is 24.3 Å². The van der Waals surface area contributed by atoms with Gasteiger partial charge in [-0.05, 0) is 37.1 Å². The van der Waals surface area contributed by atoms with Crippen LogP contribution in [-0.2, 0) is 4.79 Å². The molecule has 0 saturated carbocycles. The molecule has 1 aromatic heterocycles. The molecule has 1 N–H and O–H groups in total. The van der Waals surface area contributed by atoms with E-state index >= 15 is 0 Å². The van der Waals surface area contributed by atoms with Gasteiger partial charge in [0.2, 0.25) is 0 Å². The fourth-order valence-corrected chi connectivity index (χ4v) is 2.84. The van der Waals surface area contributed by atoms with Crippen LogP contribution >= 0.6 is 0 Å². The van der Waals surface area contributed by atoms with E-state index in [0.717, 1.165) is 11.1 Å². The largest absolute Gasteiger partial charge is 0.457 e. The number of anilines is 1. The zero-order chi connectivity index (χ0) is 21.0. The molecule has 144 valence electrons. The van der Waals surface area contributed by atoms with E-state index in [1.807, 2.05) is 38.1 Å². The highest BCUT2D eigenvalue weighted by atomic mass is 16.6. The molecule has 1 amide bonds. The molecule has 0 saturated heterocycles. The molecule has 0 aliphatic carbocycles. The minimum Gasteiger partial charge on any atom is -0.457 e. The zero-order valence-corrected chi connectivity index (χ0v) is 15.8. The standard InChI is InChI=1S/C22H17N3O4/c1-14-5-3-6-15(2)21(14)24-22(26)17(13-23)12-19-9-10-20(29-19)16-7-4-8-18(11-16)25(27)28/h3-12H,1-2H3,(H,24,26). The minimum absolute atomic E-state index is 0.0540. The van der Waals surface area contributed by atoms with E-state index in [2.05, 4.69) is 5.32 Å². The van der Waals surface area contributed by atoms with E-state index in [1.165, 1.54) is 18.2 Å². The Hall–Kier alpha value is -4.18. The van der Waals surface area contributed by atoms with Gasteiger partial charge in [-0.2, -0.15) is 5.26 Å². The summed E-state index contributed by atoms with van der Waals surface area (Å²) in [6.07, 6.45) is 1.34. The Morgan fingerprint density at radius 3 is 2.48 bits per heavy atom. The summed E-state index contributed by atoms with van der Waals surface area (Å²) < 4.78 is 5.65. The predicted molar refractivity (Wildman–Crippen MR) is 109 cm³/mol. The van der Waals surface area contributed by atoms with Gasteiger partial charge in [0.05, 0.1) is 4.92 Å². The van der Waals surface area contributed by atoms with Gasteiger partial charge in [-0.3, -0.25) is 14.9 Å². The lowest BCUT2D eigenvalue weighted by Gasteiger charge is -2.10. The summed E-state index contributed by atoms with van der Waals surface area (Å²) in [6, 6.07) is 16.8. The third-order valence-electron chi connectivity index (χ3n) is 4.34. The molecule has 0 unspecified atom stereocenters. The van der Waals surface area contributed by atoms with Crippen LogP contribution in [0.25, 0.3) is 17.4 Å². The highest BCUT2D eigenvalue weighted by Crippen LogP contribution is 2.27. The van der Waals surface area contributed by atoms with Crippen molar-refractivity contribution >= 4 is 23.4 Å². The maximum absolute atomic E-state index is 12.5. The number of carbonyl (C=O) groups is 1. The van der Waals surface area contributed by atoms with Crippen molar-refractivity contribution in [3.05, 3.63) is 87.2 Å². The maximum atomic E-state index is 12.5. The fourth-order valence-electron chi connectivity index (χ4n) is 2.84. The van der Waals surface area contributed by atoms with Crippen molar-refractivity contribution in [2.75, 3.05) is 5.32 Å². The summed E-state index contributed by atoms with van der Waals surface area (Å²) in [6.45, 7) is 3.74. The number of aryl methyl sites for hydroxylation is 2. The number of para-hydroxylation sites is 1. The summed E-state index contributed by atoms with van der Waals surface area (Å²) in [5.41, 5.74) is 2.80. The van der Waals surface area contributed by atoms with Crippen LogP contribution in [0.15, 0.2) is 64.6 Å². The van der Waals surface area contributed by atoms with E-state index in [9.17, 15) is 20.2 Å². The summed E-state index contributed by atoms with van der Waals surface area (Å²) in [5.74, 6) is 0.144. The number of rotatable bonds is 5. The molecule has 7 nitrogen and oxygen atoms in total. The zero-order valence-electron chi connectivity index (χ0n) is 15.8.